The molecule has 0 unspecified atom stereocenters. The van der Waals surface area contributed by atoms with Crippen LogP contribution in [0.3, 0.4) is 0 Å². The largest absolute Gasteiger partial charge is 0.355 e. The molecule has 0 saturated heterocycles. The van der Waals surface area contributed by atoms with E-state index in [1.165, 1.54) is 15.9 Å². The number of nitrogens with zero attached hydrogens (tertiary/aromatic N) is 2. The fourth-order valence-corrected chi connectivity index (χ4v) is 7.43. The zero-order valence-electron chi connectivity index (χ0n) is 23.4. The highest BCUT2D eigenvalue weighted by Gasteiger charge is 2.15. The van der Waals surface area contributed by atoms with E-state index in [1.807, 2.05) is 48.6 Å². The van der Waals surface area contributed by atoms with E-state index < -0.39 is 7.92 Å². The molecule has 0 atom stereocenters. The van der Waals surface area contributed by atoms with Gasteiger partial charge in [0.2, 0.25) is 0 Å². The van der Waals surface area contributed by atoms with Crippen molar-refractivity contribution in [1.82, 2.24) is 19.9 Å². The Kier molecular flexibility index (Phi) is 7.59. The monoisotopic (exact) mass is 572 g/mol. The molecular weight excluding hydrogens is 543 g/mol. The molecular formula is C38H29N4P. The second-order valence-corrected chi connectivity index (χ2v) is 12.5. The van der Waals surface area contributed by atoms with Gasteiger partial charge in [-0.1, -0.05) is 91.0 Å². The van der Waals surface area contributed by atoms with E-state index in [0.29, 0.717) is 0 Å². The van der Waals surface area contributed by atoms with E-state index in [-0.39, 0.29) is 0 Å². The van der Waals surface area contributed by atoms with Crippen LogP contribution in [0.2, 0.25) is 0 Å². The fourth-order valence-electron chi connectivity index (χ4n) is 5.12. The smallest absolute Gasteiger partial charge is 0.0658 e. The normalized spacial score (nSPS) is 11.7. The third-order valence-corrected chi connectivity index (χ3v) is 9.53. The summed E-state index contributed by atoms with van der Waals surface area (Å²) in [5, 5.41) is 4.19. The van der Waals surface area contributed by atoms with Crippen molar-refractivity contribution in [3.8, 4) is 0 Å². The zero-order chi connectivity index (χ0) is 28.8. The Balaban J connectivity index is 0.000000144. The summed E-state index contributed by atoms with van der Waals surface area (Å²) in [5.74, 6) is 0. The van der Waals surface area contributed by atoms with Crippen LogP contribution in [-0.4, -0.2) is 19.9 Å². The molecule has 0 amide bonds. The number of aromatic nitrogens is 4. The summed E-state index contributed by atoms with van der Waals surface area (Å²) < 4.78 is 0. The van der Waals surface area contributed by atoms with Crippen molar-refractivity contribution in [2.75, 3.05) is 0 Å². The van der Waals surface area contributed by atoms with E-state index in [4.69, 9.17) is 0 Å². The van der Waals surface area contributed by atoms with E-state index in [9.17, 15) is 0 Å². The Morgan fingerprint density at radius 2 is 0.628 bits per heavy atom. The minimum Gasteiger partial charge on any atom is -0.355 e. The first-order valence-corrected chi connectivity index (χ1v) is 15.6. The van der Waals surface area contributed by atoms with Crippen LogP contribution in [0, 0.1) is 0 Å². The average Bonchev–Trinajstić information content (AvgIpc) is 3.86. The number of hydrogen-bond donors (Lipinski definition) is 2. The first kappa shape index (κ1) is 26.6. The third kappa shape index (κ3) is 6.46. The molecule has 0 spiro atoms. The Morgan fingerprint density at radius 1 is 0.349 bits per heavy atom. The molecule has 0 fully saturated rings. The summed E-state index contributed by atoms with van der Waals surface area (Å²) in [4.78, 5) is 16.0. The van der Waals surface area contributed by atoms with Crippen LogP contribution in [0.1, 0.15) is 22.8 Å². The number of H-pyrrole nitrogens is 2. The van der Waals surface area contributed by atoms with Gasteiger partial charge < -0.3 is 9.97 Å². The number of benzene rings is 3. The number of nitrogens with one attached hydrogen (secondary N) is 2. The molecule has 4 nitrogen and oxygen atoms in total. The van der Waals surface area contributed by atoms with Gasteiger partial charge in [0.25, 0.3) is 0 Å². The van der Waals surface area contributed by atoms with Crippen LogP contribution < -0.4 is 15.9 Å². The van der Waals surface area contributed by atoms with Gasteiger partial charge in [0.1, 0.15) is 0 Å². The van der Waals surface area contributed by atoms with Crippen LogP contribution in [0.5, 0.6) is 0 Å². The topological polar surface area (TPSA) is 57.4 Å². The molecule has 0 radical (unpaired) electrons. The molecule has 6 aromatic rings. The van der Waals surface area contributed by atoms with Crippen LogP contribution in [-0.2, 0) is 0 Å². The van der Waals surface area contributed by atoms with Gasteiger partial charge in [-0.05, 0) is 96.7 Å². The molecule has 0 saturated carbocycles. The Labute approximate surface area is 251 Å². The van der Waals surface area contributed by atoms with E-state index >= 15 is 0 Å². The summed E-state index contributed by atoms with van der Waals surface area (Å²) >= 11 is 0. The van der Waals surface area contributed by atoms with Crippen molar-refractivity contribution in [3.05, 3.63) is 162 Å². The van der Waals surface area contributed by atoms with E-state index in [2.05, 4.69) is 135 Å². The van der Waals surface area contributed by atoms with Gasteiger partial charge in [-0.2, -0.15) is 0 Å². The lowest BCUT2D eigenvalue weighted by Gasteiger charge is -2.18. The second kappa shape index (κ2) is 12.3. The molecule has 5 heteroatoms. The summed E-state index contributed by atoms with van der Waals surface area (Å²) in [7, 11) is -0.446. The maximum Gasteiger partial charge on any atom is 0.0658 e. The van der Waals surface area contributed by atoms with Crippen LogP contribution in [0.4, 0.5) is 0 Å². The van der Waals surface area contributed by atoms with Crippen LogP contribution in [0.15, 0.2) is 140 Å². The summed E-state index contributed by atoms with van der Waals surface area (Å²) in [6.07, 6.45) is 8.09. The molecule has 0 aliphatic carbocycles. The molecule has 3 aromatic carbocycles. The molecule has 8 bridgehead atoms. The van der Waals surface area contributed by atoms with Crippen molar-refractivity contribution >= 4 is 70.2 Å². The van der Waals surface area contributed by atoms with Gasteiger partial charge in [0.05, 0.1) is 22.8 Å². The second-order valence-electron chi connectivity index (χ2n) is 10.2. The van der Waals surface area contributed by atoms with E-state index in [1.54, 1.807) is 0 Å². The van der Waals surface area contributed by atoms with Crippen molar-refractivity contribution < 1.29 is 0 Å². The standard InChI is InChI=1S/C20H14N4.C18H15P/c1-2-14-10-16-5-6-18(23-16)12-20-8-7-19(24-20)11-17-4-3-15(22-17)9-13(1)21-14;1-4-10-16(11-5-1)19(17-12-6-2-7-13-17)18-14-8-3-9-15-18/h1-12,21,24H;1-15H. The van der Waals surface area contributed by atoms with Gasteiger partial charge in [-0.25, -0.2) is 9.97 Å². The lowest BCUT2D eigenvalue weighted by Crippen LogP contribution is -2.20. The van der Waals surface area contributed by atoms with Gasteiger partial charge in [0, 0.05) is 22.1 Å². The maximum atomic E-state index is 4.63. The number of rotatable bonds is 3. The summed E-state index contributed by atoms with van der Waals surface area (Å²) in [5.41, 5.74) is 7.86. The lowest BCUT2D eigenvalue weighted by molar-refractivity contribution is 1.31. The lowest BCUT2D eigenvalue weighted by atomic mass is 10.3. The molecule has 2 N–H and O–H groups in total. The quantitative estimate of drug-likeness (QED) is 0.210. The molecule has 2 aliphatic rings. The third-order valence-electron chi connectivity index (χ3n) is 7.09. The van der Waals surface area contributed by atoms with Crippen molar-refractivity contribution in [2.45, 2.75) is 0 Å². The molecule has 8 rings (SSSR count). The first-order chi connectivity index (χ1) is 21.2. The molecule has 206 valence electrons. The highest BCUT2D eigenvalue weighted by atomic mass is 31.1. The van der Waals surface area contributed by atoms with E-state index in [0.717, 1.165) is 44.8 Å². The summed E-state index contributed by atoms with van der Waals surface area (Å²) in [6, 6.07) is 48.7. The molecule has 2 aliphatic heterocycles. The summed E-state index contributed by atoms with van der Waals surface area (Å²) in [6.45, 7) is 0. The first-order valence-electron chi connectivity index (χ1n) is 14.2. The Bertz CT molecular complexity index is 1810. The highest BCUT2D eigenvalue weighted by Crippen LogP contribution is 2.32. The van der Waals surface area contributed by atoms with Gasteiger partial charge in [0.15, 0.2) is 0 Å². The SMILES string of the molecule is C1=Cc2cc3ccc(cc4nc(cc5ccc(cc1n2)[nH]5)C=C4)[nH]3.c1ccc(P(c2ccccc2)c2ccccc2)cc1. The zero-order valence-corrected chi connectivity index (χ0v) is 24.3. The average molecular weight is 573 g/mol. The molecule has 3 aromatic heterocycles. The fraction of sp³-hybridized carbons (Fsp3) is 0. The van der Waals surface area contributed by atoms with Crippen molar-refractivity contribution in [2.24, 2.45) is 0 Å². The number of fused-ring (bicyclic) bond motifs is 8. The molecule has 43 heavy (non-hydrogen) atoms. The van der Waals surface area contributed by atoms with Gasteiger partial charge in [-0.3, -0.25) is 0 Å². The number of hydrogen-bond acceptors (Lipinski definition) is 2. The minimum absolute atomic E-state index is 0.446. The van der Waals surface area contributed by atoms with Gasteiger partial charge >= 0.3 is 0 Å². The van der Waals surface area contributed by atoms with Crippen molar-refractivity contribution in [1.29, 1.82) is 0 Å². The maximum absolute atomic E-state index is 4.63. The van der Waals surface area contributed by atoms with Crippen LogP contribution >= 0.6 is 7.92 Å². The highest BCUT2D eigenvalue weighted by molar-refractivity contribution is 7.79. The van der Waals surface area contributed by atoms with Crippen molar-refractivity contribution in [3.63, 3.8) is 0 Å². The predicted octanol–water partition coefficient (Wildman–Crippen LogP) is 8.10. The predicted molar refractivity (Wildman–Crippen MR) is 184 cm³/mol. The van der Waals surface area contributed by atoms with Gasteiger partial charge in [-0.15, -0.1) is 0 Å². The Morgan fingerprint density at radius 3 is 0.907 bits per heavy atom. The molecule has 5 heterocycles. The number of aromatic amines is 2. The minimum atomic E-state index is -0.446. The van der Waals surface area contributed by atoms with Crippen LogP contribution in [0.25, 0.3) is 46.4 Å². The Hall–Kier alpha value is -5.31.